The molecular formula is C32H36N4O8S. The molecule has 4 aromatic rings. The first kappa shape index (κ1) is 32.0. The fourth-order valence-corrected chi connectivity index (χ4v) is 5.72. The molecule has 0 saturated carbocycles. The minimum Gasteiger partial charge on any atom is -0.497 e. The molecule has 1 aliphatic heterocycles. The van der Waals surface area contributed by atoms with E-state index in [9.17, 15) is 13.5 Å². The SMILES string of the molecule is COC[C@H](C)Oc1cc(Oc2ccc(S(=O)(=O)N(C)Cc3ccc(OC)cc3)nc2)cc(-c2ccc(C3=NC[C@H](CO)O3)[nH]2)c1. The number of methoxy groups -OCH3 is 2. The number of aliphatic hydroxyl groups excluding tert-OH is 1. The molecule has 0 fully saturated rings. The van der Waals surface area contributed by atoms with Crippen LogP contribution in [-0.4, -0.2) is 86.9 Å². The van der Waals surface area contributed by atoms with Gasteiger partial charge in [-0.3, -0.25) is 0 Å². The summed E-state index contributed by atoms with van der Waals surface area (Å²) in [5.41, 5.74) is 3.02. The van der Waals surface area contributed by atoms with Gasteiger partial charge >= 0.3 is 0 Å². The summed E-state index contributed by atoms with van der Waals surface area (Å²) >= 11 is 0. The van der Waals surface area contributed by atoms with E-state index in [0.29, 0.717) is 47.7 Å². The third kappa shape index (κ3) is 7.81. The molecule has 3 heterocycles. The molecule has 1 aliphatic rings. The van der Waals surface area contributed by atoms with Crippen LogP contribution < -0.4 is 14.2 Å². The minimum absolute atomic E-state index is 0.101. The number of aromatic amines is 1. The van der Waals surface area contributed by atoms with Crippen LogP contribution in [0, 0.1) is 0 Å². The average Bonchev–Trinajstić information content (AvgIpc) is 3.72. The summed E-state index contributed by atoms with van der Waals surface area (Å²) < 4.78 is 55.9. The third-order valence-electron chi connectivity index (χ3n) is 6.95. The molecule has 0 aliphatic carbocycles. The fraction of sp³-hybridized carbons (Fsp3) is 0.312. The molecule has 0 bridgehead atoms. The quantitative estimate of drug-likeness (QED) is 0.208. The molecule has 0 radical (unpaired) electrons. The Labute approximate surface area is 262 Å². The Bertz CT molecular complexity index is 1720. The lowest BCUT2D eigenvalue weighted by Crippen LogP contribution is -2.27. The number of H-pyrrole nitrogens is 1. The number of ether oxygens (including phenoxy) is 5. The number of sulfonamides is 1. The van der Waals surface area contributed by atoms with Crippen LogP contribution in [0.4, 0.5) is 0 Å². The Hall–Kier alpha value is -4.43. The monoisotopic (exact) mass is 636 g/mol. The van der Waals surface area contributed by atoms with Gasteiger partial charge in [-0.2, -0.15) is 4.31 Å². The topological polar surface area (TPSA) is 145 Å². The molecule has 0 amide bonds. The number of pyridine rings is 1. The van der Waals surface area contributed by atoms with Crippen molar-refractivity contribution >= 4 is 15.9 Å². The zero-order chi connectivity index (χ0) is 32.0. The summed E-state index contributed by atoms with van der Waals surface area (Å²) in [5, 5.41) is 9.27. The molecule has 13 heteroatoms. The standard InChI is InChI=1S/C32H36N4O8S/c1-21(20-40-3)42-26-13-23(29-10-11-30(35-29)32-34-17-28(19-37)44-32)14-27(15-26)43-25-9-12-31(33-16-25)45(38,39)36(2)18-22-5-7-24(41-4)8-6-22/h5-16,21,28,35,37H,17-20H2,1-4H3/t21-,28+/m0/s1. The minimum atomic E-state index is -3.86. The van der Waals surface area contributed by atoms with Crippen molar-refractivity contribution in [1.29, 1.82) is 0 Å². The largest absolute Gasteiger partial charge is 0.497 e. The fourth-order valence-electron chi connectivity index (χ4n) is 4.65. The van der Waals surface area contributed by atoms with Crippen molar-refractivity contribution < 1.29 is 37.2 Å². The number of aliphatic hydroxyl groups is 1. The number of aliphatic imine (C=N–C) groups is 1. The molecule has 2 aromatic heterocycles. The van der Waals surface area contributed by atoms with Gasteiger partial charge in [0.05, 0.1) is 33.1 Å². The summed E-state index contributed by atoms with van der Waals surface area (Å²) in [6.45, 7) is 2.74. The molecule has 12 nitrogen and oxygen atoms in total. The number of nitrogens with zero attached hydrogens (tertiary/aromatic N) is 3. The van der Waals surface area contributed by atoms with Gasteiger partial charge in [0.1, 0.15) is 40.9 Å². The Morgan fingerprint density at radius 3 is 2.40 bits per heavy atom. The lowest BCUT2D eigenvalue weighted by molar-refractivity contribution is 0.0920. The maximum Gasteiger partial charge on any atom is 0.260 e. The maximum absolute atomic E-state index is 13.2. The van der Waals surface area contributed by atoms with Crippen molar-refractivity contribution in [2.75, 3.05) is 41.0 Å². The van der Waals surface area contributed by atoms with Crippen LogP contribution in [0.5, 0.6) is 23.0 Å². The Balaban J connectivity index is 1.34. The van der Waals surface area contributed by atoms with Crippen LogP contribution in [0.1, 0.15) is 18.2 Å². The molecule has 0 saturated heterocycles. The highest BCUT2D eigenvalue weighted by Gasteiger charge is 2.24. The van der Waals surface area contributed by atoms with Gasteiger partial charge in [0, 0.05) is 38.0 Å². The van der Waals surface area contributed by atoms with E-state index < -0.39 is 10.0 Å². The van der Waals surface area contributed by atoms with Crippen LogP contribution in [0.25, 0.3) is 11.3 Å². The van der Waals surface area contributed by atoms with Gasteiger partial charge in [-0.05, 0) is 61.0 Å². The molecular weight excluding hydrogens is 600 g/mol. The summed E-state index contributed by atoms with van der Waals surface area (Å²) in [5.74, 6) is 2.47. The lowest BCUT2D eigenvalue weighted by atomic mass is 10.1. The van der Waals surface area contributed by atoms with Crippen molar-refractivity contribution in [2.45, 2.75) is 30.7 Å². The highest BCUT2D eigenvalue weighted by Crippen LogP contribution is 2.33. The molecule has 2 N–H and O–H groups in total. The van der Waals surface area contributed by atoms with Crippen LogP contribution in [-0.2, 0) is 26.0 Å². The van der Waals surface area contributed by atoms with E-state index in [0.717, 1.165) is 16.8 Å². The third-order valence-corrected chi connectivity index (χ3v) is 8.67. The van der Waals surface area contributed by atoms with Crippen molar-refractivity contribution in [3.63, 3.8) is 0 Å². The van der Waals surface area contributed by atoms with Gasteiger partial charge in [-0.25, -0.2) is 18.4 Å². The number of rotatable bonds is 14. The van der Waals surface area contributed by atoms with Gasteiger partial charge in [0.25, 0.3) is 10.0 Å². The number of hydrogen-bond acceptors (Lipinski definition) is 10. The summed E-state index contributed by atoms with van der Waals surface area (Å²) in [6.07, 6.45) is 0.791. The molecule has 2 atom stereocenters. The molecule has 0 unspecified atom stereocenters. The highest BCUT2D eigenvalue weighted by atomic mass is 32.2. The van der Waals surface area contributed by atoms with Crippen molar-refractivity contribution in [2.24, 2.45) is 4.99 Å². The number of hydrogen-bond donors (Lipinski definition) is 2. The Morgan fingerprint density at radius 2 is 1.73 bits per heavy atom. The van der Waals surface area contributed by atoms with Crippen molar-refractivity contribution in [1.82, 2.24) is 14.3 Å². The number of nitrogens with one attached hydrogen (secondary N) is 1. The van der Waals surface area contributed by atoms with Crippen LogP contribution in [0.2, 0.25) is 0 Å². The molecule has 45 heavy (non-hydrogen) atoms. The van der Waals surface area contributed by atoms with E-state index in [2.05, 4.69) is 15.0 Å². The maximum atomic E-state index is 13.2. The highest BCUT2D eigenvalue weighted by molar-refractivity contribution is 7.89. The van der Waals surface area contributed by atoms with Gasteiger partial charge < -0.3 is 33.8 Å². The zero-order valence-electron chi connectivity index (χ0n) is 25.5. The van der Waals surface area contributed by atoms with E-state index in [4.69, 9.17) is 23.7 Å². The van der Waals surface area contributed by atoms with Crippen molar-refractivity contribution in [3.8, 4) is 34.3 Å². The van der Waals surface area contributed by atoms with E-state index in [1.54, 1.807) is 38.5 Å². The predicted molar refractivity (Wildman–Crippen MR) is 168 cm³/mol. The second-order valence-corrected chi connectivity index (χ2v) is 12.5. The number of benzene rings is 2. The van der Waals surface area contributed by atoms with E-state index in [1.165, 1.54) is 23.6 Å². The average molecular weight is 637 g/mol. The zero-order valence-corrected chi connectivity index (χ0v) is 26.3. The van der Waals surface area contributed by atoms with Crippen LogP contribution >= 0.6 is 0 Å². The Kier molecular flexibility index (Phi) is 10.0. The molecule has 5 rings (SSSR count). The normalized spacial score (nSPS) is 15.4. The smallest absolute Gasteiger partial charge is 0.260 e. The molecule has 2 aromatic carbocycles. The predicted octanol–water partition coefficient (Wildman–Crippen LogP) is 4.25. The van der Waals surface area contributed by atoms with E-state index in [-0.39, 0.29) is 30.4 Å². The van der Waals surface area contributed by atoms with E-state index >= 15 is 0 Å². The Morgan fingerprint density at radius 1 is 1.00 bits per heavy atom. The first-order chi connectivity index (χ1) is 21.7. The summed E-state index contributed by atoms with van der Waals surface area (Å²) in [7, 11) is 0.831. The molecule has 0 spiro atoms. The summed E-state index contributed by atoms with van der Waals surface area (Å²) in [4.78, 5) is 11.9. The van der Waals surface area contributed by atoms with Crippen LogP contribution in [0.3, 0.4) is 0 Å². The van der Waals surface area contributed by atoms with Crippen molar-refractivity contribution in [3.05, 3.63) is 84.2 Å². The van der Waals surface area contributed by atoms with Gasteiger partial charge in [-0.15, -0.1) is 0 Å². The molecule has 238 valence electrons. The second-order valence-electron chi connectivity index (χ2n) is 10.5. The van der Waals surface area contributed by atoms with Gasteiger partial charge in [-0.1, -0.05) is 12.1 Å². The first-order valence-electron chi connectivity index (χ1n) is 14.2. The van der Waals surface area contributed by atoms with Gasteiger partial charge in [0.2, 0.25) is 5.90 Å². The second kappa shape index (κ2) is 14.1. The van der Waals surface area contributed by atoms with Crippen LogP contribution in [0.15, 0.2) is 82.9 Å². The first-order valence-corrected chi connectivity index (χ1v) is 15.7. The summed E-state index contributed by atoms with van der Waals surface area (Å²) in [6, 6.07) is 19.3. The lowest BCUT2D eigenvalue weighted by Gasteiger charge is -2.17. The van der Waals surface area contributed by atoms with Gasteiger partial charge in [0.15, 0.2) is 5.03 Å². The number of aromatic nitrogens is 2. The van der Waals surface area contributed by atoms with E-state index in [1.807, 2.05) is 43.3 Å².